The van der Waals surface area contributed by atoms with Gasteiger partial charge in [0.05, 0.1) is 10.8 Å². The van der Waals surface area contributed by atoms with Crippen LogP contribution in [-0.2, 0) is 21.2 Å². The molecule has 10 heteroatoms. The molecule has 1 heterocycles. The molecule has 0 bridgehead atoms. The van der Waals surface area contributed by atoms with Crippen LogP contribution in [0.5, 0.6) is 0 Å². The number of carbonyl (C=O) groups is 3. The molecule has 1 unspecified atom stereocenters. The van der Waals surface area contributed by atoms with Gasteiger partial charge in [0.15, 0.2) is 0 Å². The fourth-order valence-corrected chi connectivity index (χ4v) is 5.43. The first kappa shape index (κ1) is 25.7. The third kappa shape index (κ3) is 6.37. The van der Waals surface area contributed by atoms with Crippen molar-refractivity contribution < 1.29 is 22.8 Å². The molecule has 5 amide bonds. The summed E-state index contributed by atoms with van der Waals surface area (Å²) in [6, 6.07) is 4.99. The molecule has 1 saturated carbocycles. The molecule has 1 aromatic rings. The highest BCUT2D eigenvalue weighted by atomic mass is 32.2. The number of benzene rings is 1. The van der Waals surface area contributed by atoms with Crippen LogP contribution in [0.15, 0.2) is 40.9 Å². The molecular weight excluding hydrogens is 456 g/mol. The van der Waals surface area contributed by atoms with E-state index in [-0.39, 0.29) is 29.3 Å². The van der Waals surface area contributed by atoms with Crippen LogP contribution in [0.25, 0.3) is 0 Å². The first-order valence-corrected chi connectivity index (χ1v) is 13.3. The minimum absolute atomic E-state index is 0.0185. The summed E-state index contributed by atoms with van der Waals surface area (Å²) in [5, 5.41) is 5.45. The van der Waals surface area contributed by atoms with Crippen molar-refractivity contribution in [1.82, 2.24) is 20.3 Å². The van der Waals surface area contributed by atoms with Crippen molar-refractivity contribution in [2.45, 2.75) is 70.2 Å². The van der Waals surface area contributed by atoms with E-state index in [1.807, 2.05) is 13.8 Å². The Morgan fingerprint density at radius 3 is 2.50 bits per heavy atom. The Bertz CT molecular complexity index is 1060. The van der Waals surface area contributed by atoms with Gasteiger partial charge in [-0.2, -0.15) is 0 Å². The highest BCUT2D eigenvalue weighted by Crippen LogP contribution is 2.25. The van der Waals surface area contributed by atoms with Crippen molar-refractivity contribution >= 4 is 28.0 Å². The third-order valence-electron chi connectivity index (χ3n) is 6.52. The summed E-state index contributed by atoms with van der Waals surface area (Å²) in [6.45, 7) is 6.13. The topological polar surface area (TPSA) is 125 Å². The highest BCUT2D eigenvalue weighted by molar-refractivity contribution is 7.90. The smallest absolute Gasteiger partial charge is 0.328 e. The molecule has 0 saturated heterocycles. The van der Waals surface area contributed by atoms with E-state index < -0.39 is 22.1 Å². The lowest BCUT2D eigenvalue weighted by molar-refractivity contribution is -0.127. The Labute approximate surface area is 201 Å². The van der Waals surface area contributed by atoms with Crippen LogP contribution in [0, 0.1) is 11.8 Å². The zero-order chi connectivity index (χ0) is 24.9. The van der Waals surface area contributed by atoms with Gasteiger partial charge < -0.3 is 10.6 Å². The van der Waals surface area contributed by atoms with Crippen molar-refractivity contribution in [2.75, 3.05) is 6.54 Å². The molecule has 34 heavy (non-hydrogen) atoms. The summed E-state index contributed by atoms with van der Waals surface area (Å²) in [6.07, 6.45) is 6.26. The van der Waals surface area contributed by atoms with Gasteiger partial charge in [0, 0.05) is 18.8 Å². The fourth-order valence-electron chi connectivity index (χ4n) is 4.44. The lowest BCUT2D eigenvalue weighted by atomic mass is 9.87. The number of imide groups is 1. The van der Waals surface area contributed by atoms with E-state index in [0.29, 0.717) is 24.3 Å². The standard InChI is InChI=1S/C24H34N4O5S/c1-4-21-17(3)15-28(22(21)29)24(31)25-13-12-18-6-5-7-20(14-18)34(32,33)27-23(30)26-19-10-8-16(2)9-11-19/h5-7,14-16,19,21H,4,8-13H2,1-3H3,(H,25,31)(H2,26,27,30)/t16-,19-,21?. The number of sulfonamides is 1. The second kappa shape index (κ2) is 11.0. The van der Waals surface area contributed by atoms with Crippen molar-refractivity contribution in [2.24, 2.45) is 11.8 Å². The van der Waals surface area contributed by atoms with E-state index in [9.17, 15) is 22.8 Å². The van der Waals surface area contributed by atoms with Crippen molar-refractivity contribution in [3.8, 4) is 0 Å². The maximum Gasteiger partial charge on any atom is 0.328 e. The van der Waals surface area contributed by atoms with Crippen LogP contribution >= 0.6 is 0 Å². The summed E-state index contributed by atoms with van der Waals surface area (Å²) < 4.78 is 27.4. The zero-order valence-corrected chi connectivity index (χ0v) is 20.8. The highest BCUT2D eigenvalue weighted by Gasteiger charge is 2.33. The number of nitrogens with one attached hydrogen (secondary N) is 3. The fraction of sp³-hybridized carbons (Fsp3) is 0.542. The predicted octanol–water partition coefficient (Wildman–Crippen LogP) is 3.28. The van der Waals surface area contributed by atoms with Crippen molar-refractivity contribution in [1.29, 1.82) is 0 Å². The predicted molar refractivity (Wildman–Crippen MR) is 128 cm³/mol. The molecule has 3 N–H and O–H groups in total. The third-order valence-corrected chi connectivity index (χ3v) is 7.85. The quantitative estimate of drug-likeness (QED) is 0.541. The summed E-state index contributed by atoms with van der Waals surface area (Å²) >= 11 is 0. The summed E-state index contributed by atoms with van der Waals surface area (Å²) in [5.74, 6) is 0.124. The molecule has 0 aromatic heterocycles. The van der Waals surface area contributed by atoms with Gasteiger partial charge in [0.1, 0.15) is 0 Å². The second-order valence-corrected chi connectivity index (χ2v) is 10.9. The maximum absolute atomic E-state index is 12.7. The molecule has 0 radical (unpaired) electrons. The molecule has 186 valence electrons. The number of carbonyl (C=O) groups excluding carboxylic acids is 3. The minimum Gasteiger partial charge on any atom is -0.337 e. The summed E-state index contributed by atoms with van der Waals surface area (Å²) in [4.78, 5) is 38.0. The van der Waals surface area contributed by atoms with Gasteiger partial charge in [0.2, 0.25) is 5.91 Å². The van der Waals surface area contributed by atoms with Crippen LogP contribution < -0.4 is 15.4 Å². The molecule has 3 rings (SSSR count). The van der Waals surface area contributed by atoms with E-state index in [4.69, 9.17) is 0 Å². The van der Waals surface area contributed by atoms with Gasteiger partial charge in [0.25, 0.3) is 10.0 Å². The van der Waals surface area contributed by atoms with E-state index in [1.165, 1.54) is 12.1 Å². The van der Waals surface area contributed by atoms with Gasteiger partial charge in [-0.05, 0) is 74.6 Å². The normalized spacial score (nSPS) is 22.8. The van der Waals surface area contributed by atoms with E-state index in [0.717, 1.165) is 36.2 Å². The van der Waals surface area contributed by atoms with Crippen molar-refractivity contribution in [3.05, 3.63) is 41.6 Å². The number of amides is 5. The molecule has 9 nitrogen and oxygen atoms in total. The van der Waals surface area contributed by atoms with Gasteiger partial charge in [-0.3, -0.25) is 4.79 Å². The average molecular weight is 491 g/mol. The van der Waals surface area contributed by atoms with Crippen LogP contribution in [0.4, 0.5) is 9.59 Å². The molecular formula is C24H34N4O5S. The largest absolute Gasteiger partial charge is 0.337 e. The van der Waals surface area contributed by atoms with Crippen LogP contribution in [0.1, 0.15) is 58.4 Å². The SMILES string of the molecule is CCC1C(=O)N(C(=O)NCCc2cccc(S(=O)(=O)NC(=O)N[C@H]3CC[C@H](C)CC3)c2)C=C1C. The second-order valence-electron chi connectivity index (χ2n) is 9.21. The van der Waals surface area contributed by atoms with Crippen LogP contribution in [-0.4, -0.2) is 43.9 Å². The van der Waals surface area contributed by atoms with Crippen molar-refractivity contribution in [3.63, 3.8) is 0 Å². The summed E-state index contributed by atoms with van der Waals surface area (Å²) in [7, 11) is -4.03. The van der Waals surface area contributed by atoms with Gasteiger partial charge in [-0.1, -0.05) is 26.0 Å². The Balaban J connectivity index is 1.52. The van der Waals surface area contributed by atoms with Gasteiger partial charge in [-0.25, -0.2) is 27.6 Å². The molecule has 1 aliphatic heterocycles. The average Bonchev–Trinajstić information content (AvgIpc) is 3.08. The summed E-state index contributed by atoms with van der Waals surface area (Å²) in [5.41, 5.74) is 1.53. The molecule has 0 spiro atoms. The Morgan fingerprint density at radius 2 is 1.85 bits per heavy atom. The molecule has 1 fully saturated rings. The maximum atomic E-state index is 12.7. The molecule has 2 aliphatic rings. The minimum atomic E-state index is -4.03. The molecule has 1 aliphatic carbocycles. The van der Waals surface area contributed by atoms with Crippen LogP contribution in [0.3, 0.4) is 0 Å². The number of hydrogen-bond acceptors (Lipinski definition) is 5. The molecule has 1 atom stereocenters. The monoisotopic (exact) mass is 490 g/mol. The lowest BCUT2D eigenvalue weighted by Gasteiger charge is -2.26. The molecule has 1 aromatic carbocycles. The first-order chi connectivity index (χ1) is 16.1. The van der Waals surface area contributed by atoms with E-state index >= 15 is 0 Å². The number of urea groups is 2. The van der Waals surface area contributed by atoms with E-state index in [1.54, 1.807) is 18.3 Å². The zero-order valence-electron chi connectivity index (χ0n) is 20.0. The first-order valence-electron chi connectivity index (χ1n) is 11.8. The number of rotatable bonds is 7. The Hall–Kier alpha value is -2.88. The number of nitrogens with zero attached hydrogens (tertiary/aromatic N) is 1. The number of hydrogen-bond donors (Lipinski definition) is 3. The van der Waals surface area contributed by atoms with E-state index in [2.05, 4.69) is 22.3 Å². The Kier molecular flexibility index (Phi) is 8.35. The van der Waals surface area contributed by atoms with Gasteiger partial charge >= 0.3 is 12.1 Å². The lowest BCUT2D eigenvalue weighted by Crippen LogP contribution is -2.45. The van der Waals surface area contributed by atoms with Gasteiger partial charge in [-0.15, -0.1) is 0 Å². The van der Waals surface area contributed by atoms with Crippen LogP contribution in [0.2, 0.25) is 0 Å². The Morgan fingerprint density at radius 1 is 1.15 bits per heavy atom.